The average Bonchev–Trinajstić information content (AvgIpc) is 3.50. The van der Waals surface area contributed by atoms with Crippen LogP contribution in [0.3, 0.4) is 0 Å². The maximum Gasteiger partial charge on any atom is 0.264 e. The standard InChI is InChI=1S/C27H38FN3O5Si/c1-17-25(37(3,4)28)22(15-24(34)31-13-7-8-19(31)16-32)36-27(17)20-14-18(30-12-6-5-9-23(30)33)10-11-21(20)29(2)26(27)35/h10-11,14,17,19,22,25,32H,5-9,12-13,15-16H2,1-4H3/t17-,19-,22+,25-,27+/m0/s1. The Bertz CT molecular complexity index is 1110. The van der Waals surface area contributed by atoms with Crippen LogP contribution < -0.4 is 9.80 Å². The zero-order valence-corrected chi connectivity index (χ0v) is 23.2. The number of hydrogen-bond donors (Lipinski definition) is 1. The number of halogens is 1. The van der Waals surface area contributed by atoms with Crippen LogP contribution in [0.2, 0.25) is 18.6 Å². The van der Waals surface area contributed by atoms with Crippen molar-refractivity contribution in [2.75, 3.05) is 36.5 Å². The molecule has 1 aromatic carbocycles. The van der Waals surface area contributed by atoms with E-state index in [0.29, 0.717) is 30.8 Å². The van der Waals surface area contributed by atoms with Crippen LogP contribution in [0.5, 0.6) is 0 Å². The molecule has 1 N–H and O–H groups in total. The number of piperidine rings is 1. The summed E-state index contributed by atoms with van der Waals surface area (Å²) in [4.78, 5) is 44.9. The van der Waals surface area contributed by atoms with Crippen LogP contribution >= 0.6 is 0 Å². The minimum Gasteiger partial charge on any atom is -0.394 e. The first-order valence-electron chi connectivity index (χ1n) is 13.5. The van der Waals surface area contributed by atoms with Crippen LogP contribution in [0.25, 0.3) is 0 Å². The van der Waals surface area contributed by atoms with E-state index in [0.717, 1.165) is 31.4 Å². The van der Waals surface area contributed by atoms with Gasteiger partial charge in [-0.05, 0) is 57.0 Å². The Kier molecular flexibility index (Phi) is 6.73. The van der Waals surface area contributed by atoms with Gasteiger partial charge in [-0.1, -0.05) is 6.92 Å². The van der Waals surface area contributed by atoms with Gasteiger partial charge in [-0.2, -0.15) is 0 Å². The minimum absolute atomic E-state index is 0.0236. The number of likely N-dealkylation sites (tertiary alicyclic amines) is 1. The molecule has 37 heavy (non-hydrogen) atoms. The normalized spacial score (nSPS) is 32.1. The van der Waals surface area contributed by atoms with Crippen LogP contribution in [-0.2, 0) is 24.7 Å². The molecular formula is C27H38FN3O5Si. The molecule has 4 heterocycles. The van der Waals surface area contributed by atoms with E-state index in [1.54, 1.807) is 34.8 Å². The number of likely N-dealkylation sites (N-methyl/N-ethyl adjacent to an activating group) is 1. The summed E-state index contributed by atoms with van der Waals surface area (Å²) in [6.07, 6.45) is 3.07. The molecule has 5 atom stereocenters. The summed E-state index contributed by atoms with van der Waals surface area (Å²) in [6, 6.07) is 5.35. The van der Waals surface area contributed by atoms with Crippen molar-refractivity contribution in [3.8, 4) is 0 Å². The number of carbonyl (C=O) groups is 3. The molecule has 0 bridgehead atoms. The van der Waals surface area contributed by atoms with Crippen molar-refractivity contribution < 1.29 is 28.3 Å². The third-order valence-electron chi connectivity index (χ3n) is 8.99. The van der Waals surface area contributed by atoms with E-state index in [9.17, 15) is 19.5 Å². The van der Waals surface area contributed by atoms with Gasteiger partial charge >= 0.3 is 0 Å². The van der Waals surface area contributed by atoms with Crippen molar-refractivity contribution in [1.29, 1.82) is 0 Å². The number of anilines is 2. The Morgan fingerprint density at radius 2 is 1.97 bits per heavy atom. The smallest absolute Gasteiger partial charge is 0.264 e. The third kappa shape index (κ3) is 4.12. The third-order valence-corrected chi connectivity index (χ3v) is 11.5. The van der Waals surface area contributed by atoms with Gasteiger partial charge in [-0.3, -0.25) is 14.4 Å². The number of aliphatic hydroxyl groups excluding tert-OH is 1. The fourth-order valence-electron chi connectivity index (χ4n) is 7.23. The summed E-state index contributed by atoms with van der Waals surface area (Å²) in [6.45, 7) is 6.20. The van der Waals surface area contributed by atoms with E-state index in [2.05, 4.69) is 0 Å². The van der Waals surface area contributed by atoms with E-state index >= 15 is 4.11 Å². The van der Waals surface area contributed by atoms with Crippen LogP contribution in [0.15, 0.2) is 18.2 Å². The molecule has 0 unspecified atom stereocenters. The summed E-state index contributed by atoms with van der Waals surface area (Å²) < 4.78 is 22.6. The molecule has 0 aromatic heterocycles. The Balaban J connectivity index is 1.53. The van der Waals surface area contributed by atoms with Crippen molar-refractivity contribution in [2.24, 2.45) is 5.92 Å². The zero-order valence-electron chi connectivity index (χ0n) is 22.2. The highest BCUT2D eigenvalue weighted by atomic mass is 28.4. The Hall–Kier alpha value is -2.30. The largest absolute Gasteiger partial charge is 0.394 e. The lowest BCUT2D eigenvalue weighted by Crippen LogP contribution is -2.44. The van der Waals surface area contributed by atoms with Crippen molar-refractivity contribution in [1.82, 2.24) is 4.90 Å². The summed E-state index contributed by atoms with van der Waals surface area (Å²) in [5.41, 5.74) is 0.0735. The summed E-state index contributed by atoms with van der Waals surface area (Å²) in [5.74, 6) is -0.862. The number of fused-ring (bicyclic) bond motifs is 2. The van der Waals surface area contributed by atoms with Gasteiger partial charge in [0.2, 0.25) is 20.2 Å². The van der Waals surface area contributed by atoms with Gasteiger partial charge in [0.25, 0.3) is 5.91 Å². The molecule has 1 spiro atoms. The highest BCUT2D eigenvalue weighted by Gasteiger charge is 2.66. The van der Waals surface area contributed by atoms with Crippen molar-refractivity contribution in [2.45, 2.75) is 81.8 Å². The second kappa shape index (κ2) is 9.46. The lowest BCUT2D eigenvalue weighted by molar-refractivity contribution is -0.149. The molecule has 5 rings (SSSR count). The van der Waals surface area contributed by atoms with Crippen molar-refractivity contribution in [3.63, 3.8) is 0 Å². The first-order valence-corrected chi connectivity index (χ1v) is 16.5. The number of aliphatic hydroxyl groups is 1. The highest BCUT2D eigenvalue weighted by molar-refractivity contribution is 6.72. The van der Waals surface area contributed by atoms with Gasteiger partial charge in [0.05, 0.1) is 30.9 Å². The van der Waals surface area contributed by atoms with Crippen molar-refractivity contribution in [3.05, 3.63) is 23.8 Å². The minimum atomic E-state index is -3.39. The molecule has 0 aliphatic carbocycles. The predicted molar refractivity (Wildman–Crippen MR) is 141 cm³/mol. The molecule has 8 nitrogen and oxygen atoms in total. The van der Waals surface area contributed by atoms with E-state index < -0.39 is 31.6 Å². The molecule has 0 radical (unpaired) electrons. The summed E-state index contributed by atoms with van der Waals surface area (Å²) in [7, 11) is -1.69. The van der Waals surface area contributed by atoms with Gasteiger partial charge in [-0.15, -0.1) is 0 Å². The second-order valence-electron chi connectivity index (χ2n) is 11.6. The molecule has 3 amide bonds. The molecule has 10 heteroatoms. The summed E-state index contributed by atoms with van der Waals surface area (Å²) >= 11 is 0. The molecule has 3 fully saturated rings. The molecule has 3 saturated heterocycles. The number of amides is 3. The Labute approximate surface area is 218 Å². The van der Waals surface area contributed by atoms with Gasteiger partial charge in [-0.25, -0.2) is 0 Å². The molecule has 1 aromatic rings. The maximum atomic E-state index is 15.9. The Morgan fingerprint density at radius 1 is 1.22 bits per heavy atom. The number of hydrogen-bond acceptors (Lipinski definition) is 5. The quantitative estimate of drug-likeness (QED) is 0.465. The highest BCUT2D eigenvalue weighted by Crippen LogP contribution is 2.60. The van der Waals surface area contributed by atoms with Crippen LogP contribution in [0.1, 0.15) is 51.0 Å². The van der Waals surface area contributed by atoms with Gasteiger partial charge in [0.1, 0.15) is 0 Å². The monoisotopic (exact) mass is 531 g/mol. The summed E-state index contributed by atoms with van der Waals surface area (Å²) in [5, 5.41) is 9.71. The fourth-order valence-corrected chi connectivity index (χ4v) is 9.72. The molecule has 4 aliphatic heterocycles. The molecule has 4 aliphatic rings. The van der Waals surface area contributed by atoms with Gasteiger partial charge in [0.15, 0.2) is 5.60 Å². The zero-order chi connectivity index (χ0) is 26.7. The number of benzene rings is 1. The van der Waals surface area contributed by atoms with Gasteiger partial charge < -0.3 is 28.7 Å². The van der Waals surface area contributed by atoms with Crippen LogP contribution in [0.4, 0.5) is 15.5 Å². The maximum absolute atomic E-state index is 15.9. The first-order chi connectivity index (χ1) is 17.5. The molecule has 202 valence electrons. The SMILES string of the molecule is C[C@H]1[C@H]([Si](C)(C)F)[C@@H](CC(=O)N2CCC[C@H]2CO)O[C@]12C(=O)N(C)c1ccc(N3CCCCC3=O)cc12. The van der Waals surface area contributed by atoms with E-state index in [4.69, 9.17) is 4.74 Å². The van der Waals surface area contributed by atoms with Crippen LogP contribution in [0, 0.1) is 5.92 Å². The van der Waals surface area contributed by atoms with E-state index in [-0.39, 0.29) is 36.8 Å². The second-order valence-corrected chi connectivity index (χ2v) is 15.4. The number of ether oxygens (including phenoxy) is 1. The first kappa shape index (κ1) is 26.3. The van der Waals surface area contributed by atoms with Crippen molar-refractivity contribution >= 4 is 37.5 Å². The lowest BCUT2D eigenvalue weighted by Gasteiger charge is -2.32. The number of carbonyl (C=O) groups excluding carboxylic acids is 3. The lowest BCUT2D eigenvalue weighted by atomic mass is 9.82. The van der Waals surface area contributed by atoms with Gasteiger partial charge in [0, 0.05) is 49.3 Å². The topological polar surface area (TPSA) is 90.4 Å². The van der Waals surface area contributed by atoms with E-state index in [1.807, 2.05) is 25.1 Å². The average molecular weight is 532 g/mol. The Morgan fingerprint density at radius 3 is 2.65 bits per heavy atom. The number of nitrogens with zero attached hydrogens (tertiary/aromatic N) is 3. The predicted octanol–water partition coefficient (Wildman–Crippen LogP) is 3.33. The molecular weight excluding hydrogens is 493 g/mol. The number of rotatable bonds is 5. The van der Waals surface area contributed by atoms with E-state index in [1.165, 1.54) is 0 Å². The molecule has 0 saturated carbocycles. The van der Waals surface area contributed by atoms with Crippen LogP contribution in [-0.4, -0.2) is 75.0 Å². The fraction of sp³-hybridized carbons (Fsp3) is 0.667.